The van der Waals surface area contributed by atoms with Crippen LogP contribution in [0.25, 0.3) is 0 Å². The van der Waals surface area contributed by atoms with Crippen molar-refractivity contribution in [2.45, 2.75) is 39.9 Å². The van der Waals surface area contributed by atoms with Gasteiger partial charge in [0.2, 0.25) is 5.88 Å². The van der Waals surface area contributed by atoms with Gasteiger partial charge in [-0.2, -0.15) is 5.10 Å². The number of aryl methyl sites for hydroxylation is 1. The molecule has 0 radical (unpaired) electrons. The van der Waals surface area contributed by atoms with Crippen LogP contribution in [0.1, 0.15) is 37.0 Å². The van der Waals surface area contributed by atoms with Crippen LogP contribution in [0.5, 0.6) is 5.88 Å². The van der Waals surface area contributed by atoms with Gasteiger partial charge in [-0.1, -0.05) is 13.8 Å². The van der Waals surface area contributed by atoms with Crippen LogP contribution < -0.4 is 10.5 Å². The van der Waals surface area contributed by atoms with E-state index >= 15 is 0 Å². The maximum Gasteiger partial charge on any atom is 0.212 e. The highest BCUT2D eigenvalue weighted by atomic mass is 19.2. The summed E-state index contributed by atoms with van der Waals surface area (Å²) in [5.74, 6) is -4.14. The molecule has 2 aromatic rings. The Bertz CT molecular complexity index is 822. The Balaban J connectivity index is 2.41. The van der Waals surface area contributed by atoms with Gasteiger partial charge in [-0.05, 0) is 18.4 Å². The Labute approximate surface area is 138 Å². The lowest BCUT2D eigenvalue weighted by molar-refractivity contribution is 0.263. The molecule has 0 unspecified atom stereocenters. The van der Waals surface area contributed by atoms with Crippen molar-refractivity contribution in [3.63, 3.8) is 0 Å². The molecule has 23 heavy (non-hydrogen) atoms. The van der Waals surface area contributed by atoms with Crippen LogP contribution >= 0.6 is 0 Å². The summed E-state index contributed by atoms with van der Waals surface area (Å²) in [5, 5.41) is 3.98. The van der Waals surface area contributed by atoms with Crippen LogP contribution in [0.15, 0.2) is 18.2 Å². The van der Waals surface area contributed by atoms with Crippen molar-refractivity contribution in [2.24, 2.45) is 11.7 Å². The SMILES string of the molecule is [2H]C([2H])(N)c1cc(OC([2H])([2H])c2cc(F)c(F)cc2F)n(CCC(C)C)n1. The minimum Gasteiger partial charge on any atom is -0.473 e. The summed E-state index contributed by atoms with van der Waals surface area (Å²) in [6, 6.07) is 1.70. The van der Waals surface area contributed by atoms with Crippen LogP contribution in [0.4, 0.5) is 13.2 Å². The molecule has 0 aliphatic carbocycles. The Morgan fingerprint density at radius 3 is 2.57 bits per heavy atom. The maximum absolute atomic E-state index is 13.9. The van der Waals surface area contributed by atoms with Crippen LogP contribution in [0, 0.1) is 23.4 Å². The van der Waals surface area contributed by atoms with Crippen LogP contribution in [0.2, 0.25) is 0 Å². The minimum atomic E-state index is -2.87. The van der Waals surface area contributed by atoms with Gasteiger partial charge < -0.3 is 10.5 Å². The van der Waals surface area contributed by atoms with Gasteiger partial charge in [-0.3, -0.25) is 0 Å². The number of hydrogen-bond donors (Lipinski definition) is 1. The van der Waals surface area contributed by atoms with E-state index < -0.39 is 36.1 Å². The normalized spacial score (nSPS) is 15.1. The van der Waals surface area contributed by atoms with Gasteiger partial charge in [-0.25, -0.2) is 17.9 Å². The number of ether oxygens (including phenoxy) is 1. The monoisotopic (exact) mass is 331 g/mol. The molecular weight excluding hydrogens is 307 g/mol. The zero-order chi connectivity index (χ0) is 20.6. The molecule has 7 heteroatoms. The lowest BCUT2D eigenvalue weighted by Gasteiger charge is -2.11. The van der Waals surface area contributed by atoms with E-state index in [0.29, 0.717) is 12.5 Å². The number of rotatable bonds is 7. The van der Waals surface area contributed by atoms with Crippen LogP contribution in [-0.2, 0) is 19.6 Å². The van der Waals surface area contributed by atoms with E-state index in [4.69, 9.17) is 16.0 Å². The fourth-order valence-electron chi connectivity index (χ4n) is 1.80. The number of benzene rings is 1. The van der Waals surface area contributed by atoms with Crippen LogP contribution in [-0.4, -0.2) is 9.78 Å². The van der Waals surface area contributed by atoms with Gasteiger partial charge >= 0.3 is 0 Å². The summed E-state index contributed by atoms with van der Waals surface area (Å²) < 4.78 is 77.8. The third-order valence-electron chi connectivity index (χ3n) is 3.08. The van der Waals surface area contributed by atoms with Gasteiger partial charge in [0, 0.05) is 33.5 Å². The molecule has 1 aromatic carbocycles. The van der Waals surface area contributed by atoms with Crippen molar-refractivity contribution in [3.8, 4) is 5.88 Å². The third kappa shape index (κ3) is 4.48. The Hall–Kier alpha value is -2.02. The molecule has 0 spiro atoms. The fraction of sp³-hybridized carbons (Fsp3) is 0.438. The van der Waals surface area contributed by atoms with E-state index in [0.717, 1.165) is 6.07 Å². The predicted octanol–water partition coefficient (Wildman–Crippen LogP) is 3.38. The first-order chi connectivity index (χ1) is 12.3. The van der Waals surface area contributed by atoms with E-state index in [9.17, 15) is 13.2 Å². The summed E-state index contributed by atoms with van der Waals surface area (Å²) in [7, 11) is 0. The lowest BCUT2D eigenvalue weighted by atomic mass is 10.1. The first-order valence-corrected chi connectivity index (χ1v) is 7.02. The number of halogens is 3. The molecule has 0 aliphatic heterocycles. The van der Waals surface area contributed by atoms with Gasteiger partial charge in [0.25, 0.3) is 0 Å². The Morgan fingerprint density at radius 1 is 1.22 bits per heavy atom. The summed E-state index contributed by atoms with van der Waals surface area (Å²) >= 11 is 0. The van der Waals surface area contributed by atoms with Crippen molar-refractivity contribution in [1.29, 1.82) is 0 Å². The molecule has 0 saturated carbocycles. The Morgan fingerprint density at radius 2 is 1.91 bits per heavy atom. The van der Waals surface area contributed by atoms with E-state index in [1.165, 1.54) is 4.68 Å². The number of hydrogen-bond acceptors (Lipinski definition) is 3. The summed E-state index contributed by atoms with van der Waals surface area (Å²) in [4.78, 5) is 0. The molecule has 0 fully saturated rings. The molecule has 126 valence electrons. The summed E-state index contributed by atoms with van der Waals surface area (Å²) in [5.41, 5.74) is 4.34. The number of aromatic nitrogens is 2. The average Bonchev–Trinajstić information content (AvgIpc) is 2.91. The molecule has 2 rings (SSSR count). The maximum atomic E-state index is 13.9. The average molecular weight is 331 g/mol. The molecule has 2 N–H and O–H groups in total. The van der Waals surface area contributed by atoms with E-state index in [1.807, 2.05) is 13.8 Å². The second kappa shape index (κ2) is 7.50. The van der Waals surface area contributed by atoms with Crippen molar-refractivity contribution >= 4 is 0 Å². The van der Waals surface area contributed by atoms with Crippen molar-refractivity contribution in [1.82, 2.24) is 9.78 Å². The minimum absolute atomic E-state index is 0.206. The zero-order valence-electron chi connectivity index (χ0n) is 16.7. The zero-order valence-corrected chi connectivity index (χ0v) is 12.7. The van der Waals surface area contributed by atoms with Crippen molar-refractivity contribution < 1.29 is 23.4 Å². The molecule has 0 aliphatic rings. The number of nitrogens with two attached hydrogens (primary N) is 1. The lowest BCUT2D eigenvalue weighted by Crippen LogP contribution is -2.09. The fourth-order valence-corrected chi connectivity index (χ4v) is 1.80. The van der Waals surface area contributed by atoms with Crippen LogP contribution in [0.3, 0.4) is 0 Å². The molecular formula is C16H20F3N3O. The largest absolute Gasteiger partial charge is 0.473 e. The van der Waals surface area contributed by atoms with Gasteiger partial charge in [0.1, 0.15) is 12.4 Å². The molecule has 0 amide bonds. The highest BCUT2D eigenvalue weighted by Crippen LogP contribution is 2.19. The first kappa shape index (κ1) is 12.4. The van der Waals surface area contributed by atoms with Crippen molar-refractivity contribution in [2.75, 3.05) is 0 Å². The molecule has 4 nitrogen and oxygen atoms in total. The molecule has 0 bridgehead atoms. The quantitative estimate of drug-likeness (QED) is 0.791. The first-order valence-electron chi connectivity index (χ1n) is 9.02. The summed E-state index contributed by atoms with van der Waals surface area (Å²) in [6.07, 6.45) is 0.619. The smallest absolute Gasteiger partial charge is 0.212 e. The van der Waals surface area contributed by atoms with Gasteiger partial charge in [0.05, 0.1) is 8.44 Å². The molecule has 0 atom stereocenters. The van der Waals surface area contributed by atoms with E-state index in [1.54, 1.807) is 0 Å². The van der Waals surface area contributed by atoms with E-state index in [2.05, 4.69) is 5.10 Å². The highest BCUT2D eigenvalue weighted by Gasteiger charge is 2.13. The van der Waals surface area contributed by atoms with Crippen molar-refractivity contribution in [3.05, 3.63) is 46.9 Å². The number of nitrogens with zero attached hydrogens (tertiary/aromatic N) is 2. The Kier molecular flexibility index (Phi) is 4.05. The molecule has 1 heterocycles. The van der Waals surface area contributed by atoms with E-state index in [-0.39, 0.29) is 30.1 Å². The second-order valence-electron chi connectivity index (χ2n) is 5.37. The molecule has 0 saturated heterocycles. The second-order valence-corrected chi connectivity index (χ2v) is 5.37. The highest BCUT2D eigenvalue weighted by molar-refractivity contribution is 5.21. The van der Waals surface area contributed by atoms with Gasteiger partial charge in [-0.15, -0.1) is 0 Å². The predicted molar refractivity (Wildman–Crippen MR) is 80.2 cm³/mol. The third-order valence-corrected chi connectivity index (χ3v) is 3.08. The topological polar surface area (TPSA) is 53.1 Å². The standard InChI is InChI=1S/C16H20F3N3O/c1-10(2)3-4-22-16(6-12(8-20)21-22)23-9-11-5-14(18)15(19)7-13(11)17/h5-7,10H,3-4,8-9,20H2,1-2H3/i8D2,9D2. The summed E-state index contributed by atoms with van der Waals surface area (Å²) in [6.45, 7) is -1.01. The van der Waals surface area contributed by atoms with Gasteiger partial charge in [0.15, 0.2) is 11.6 Å². The molecule has 1 aromatic heterocycles.